The zero-order valence-corrected chi connectivity index (χ0v) is 8.38. The molecule has 0 heterocycles. The Morgan fingerprint density at radius 1 is 1.15 bits per heavy atom. The lowest BCUT2D eigenvalue weighted by Crippen LogP contribution is -1.91. The van der Waals surface area contributed by atoms with Crippen LogP contribution in [0.15, 0.2) is 18.2 Å². The molecule has 1 rings (SSSR count). The smallest absolute Gasteiger partial charge is 0.109 e. The molecule has 1 nitrogen and oxygen atoms in total. The Morgan fingerprint density at radius 2 is 1.85 bits per heavy atom. The Kier molecular flexibility index (Phi) is 3.97. The molecule has 13 heavy (non-hydrogen) atoms. The number of aryl methyl sites for hydroxylation is 2. The highest BCUT2D eigenvalue weighted by Crippen LogP contribution is 2.13. The van der Waals surface area contributed by atoms with Gasteiger partial charge in [0.25, 0.3) is 0 Å². The standard InChI is InChI=1S/C12H17O/c1-3-5-11-6-10(4-2)7-12(8-11)9-13/h6-9,13H,3-5H2,1-2H3. The van der Waals surface area contributed by atoms with Gasteiger partial charge in [0, 0.05) is 0 Å². The van der Waals surface area contributed by atoms with Crippen molar-refractivity contribution in [2.45, 2.75) is 33.1 Å². The second kappa shape index (κ2) is 5.03. The summed E-state index contributed by atoms with van der Waals surface area (Å²) in [6.07, 6.45) is 3.27. The van der Waals surface area contributed by atoms with Gasteiger partial charge in [-0.25, -0.2) is 0 Å². The van der Waals surface area contributed by atoms with Crippen LogP contribution in [0.25, 0.3) is 0 Å². The van der Waals surface area contributed by atoms with Crippen LogP contribution in [-0.4, -0.2) is 5.11 Å². The molecule has 1 N–H and O–H groups in total. The first-order valence-electron chi connectivity index (χ1n) is 4.90. The maximum Gasteiger partial charge on any atom is 0.109 e. The van der Waals surface area contributed by atoms with Crippen LogP contribution < -0.4 is 0 Å². The molecule has 71 valence electrons. The molecule has 0 atom stereocenters. The minimum absolute atomic E-state index is 0.919. The molecule has 1 aromatic rings. The molecule has 0 bridgehead atoms. The fourth-order valence-corrected chi connectivity index (χ4v) is 1.50. The minimum atomic E-state index is 0.919. The van der Waals surface area contributed by atoms with Crippen LogP contribution in [0, 0.1) is 6.61 Å². The third kappa shape index (κ3) is 2.85. The molecule has 0 aliphatic rings. The number of hydrogen-bond acceptors (Lipinski definition) is 1. The zero-order valence-electron chi connectivity index (χ0n) is 8.38. The van der Waals surface area contributed by atoms with Gasteiger partial charge in [-0.3, -0.25) is 0 Å². The first-order valence-corrected chi connectivity index (χ1v) is 4.90. The van der Waals surface area contributed by atoms with Crippen LogP contribution in [0.2, 0.25) is 0 Å². The predicted octanol–water partition coefficient (Wildman–Crippen LogP) is 3.08. The van der Waals surface area contributed by atoms with Crippen molar-refractivity contribution in [1.29, 1.82) is 0 Å². The first-order chi connectivity index (χ1) is 6.30. The zero-order chi connectivity index (χ0) is 9.68. The van der Waals surface area contributed by atoms with Crippen LogP contribution in [0.1, 0.15) is 37.0 Å². The summed E-state index contributed by atoms with van der Waals surface area (Å²) in [5.74, 6) is 0. The van der Waals surface area contributed by atoms with E-state index in [2.05, 4.69) is 19.9 Å². The number of aliphatic hydroxyl groups is 1. The molecule has 0 amide bonds. The third-order valence-corrected chi connectivity index (χ3v) is 2.17. The SMILES string of the molecule is CCCc1cc([CH]O)cc(CC)c1. The number of benzene rings is 1. The molecule has 0 saturated heterocycles. The van der Waals surface area contributed by atoms with E-state index in [-0.39, 0.29) is 0 Å². The first kappa shape index (κ1) is 10.3. The maximum absolute atomic E-state index is 8.93. The van der Waals surface area contributed by atoms with E-state index >= 15 is 0 Å². The highest BCUT2D eigenvalue weighted by molar-refractivity contribution is 5.33. The molecule has 1 radical (unpaired) electrons. The summed E-state index contributed by atoms with van der Waals surface area (Å²) in [4.78, 5) is 0. The average Bonchev–Trinajstić information content (AvgIpc) is 2.17. The normalized spacial score (nSPS) is 10.4. The van der Waals surface area contributed by atoms with Gasteiger partial charge >= 0.3 is 0 Å². The molecule has 0 fully saturated rings. The molecular weight excluding hydrogens is 160 g/mol. The van der Waals surface area contributed by atoms with E-state index in [0.29, 0.717) is 0 Å². The van der Waals surface area contributed by atoms with Crippen LogP contribution in [-0.2, 0) is 12.8 Å². The second-order valence-electron chi connectivity index (χ2n) is 3.32. The van der Waals surface area contributed by atoms with Crippen molar-refractivity contribution in [1.82, 2.24) is 0 Å². The fourth-order valence-electron chi connectivity index (χ4n) is 1.50. The lowest BCUT2D eigenvalue weighted by Gasteiger charge is -2.05. The summed E-state index contributed by atoms with van der Waals surface area (Å²) in [5.41, 5.74) is 3.54. The summed E-state index contributed by atoms with van der Waals surface area (Å²) < 4.78 is 0. The van der Waals surface area contributed by atoms with Gasteiger partial charge in [-0.1, -0.05) is 38.5 Å². The highest BCUT2D eigenvalue weighted by atomic mass is 16.3. The van der Waals surface area contributed by atoms with Crippen LogP contribution in [0.5, 0.6) is 0 Å². The summed E-state index contributed by atoms with van der Waals surface area (Å²) in [6, 6.07) is 6.29. The lowest BCUT2D eigenvalue weighted by atomic mass is 10.0. The molecule has 0 unspecified atom stereocenters. The Balaban J connectivity index is 2.93. The minimum Gasteiger partial charge on any atom is -0.385 e. The van der Waals surface area contributed by atoms with E-state index in [1.54, 1.807) is 0 Å². The molecular formula is C12H17O. The van der Waals surface area contributed by atoms with Crippen LogP contribution in [0.3, 0.4) is 0 Å². The van der Waals surface area contributed by atoms with Crippen molar-refractivity contribution in [2.24, 2.45) is 0 Å². The van der Waals surface area contributed by atoms with Crippen molar-refractivity contribution >= 4 is 0 Å². The van der Waals surface area contributed by atoms with E-state index in [0.717, 1.165) is 24.8 Å². The quantitative estimate of drug-likeness (QED) is 0.749. The highest BCUT2D eigenvalue weighted by Gasteiger charge is 1.98. The molecule has 0 saturated carbocycles. The Bertz CT molecular complexity index is 244. The summed E-state index contributed by atoms with van der Waals surface area (Å²) in [7, 11) is 0. The molecule has 0 aromatic heterocycles. The predicted molar refractivity (Wildman–Crippen MR) is 55.2 cm³/mol. The number of hydrogen-bond donors (Lipinski definition) is 1. The maximum atomic E-state index is 8.93. The Labute approximate surface area is 80.4 Å². The lowest BCUT2D eigenvalue weighted by molar-refractivity contribution is 0.414. The molecule has 0 aliphatic carbocycles. The summed E-state index contributed by atoms with van der Waals surface area (Å²) in [6.45, 7) is 5.48. The van der Waals surface area contributed by atoms with Gasteiger partial charge in [-0.2, -0.15) is 0 Å². The van der Waals surface area contributed by atoms with Gasteiger partial charge in [0.2, 0.25) is 0 Å². The second-order valence-corrected chi connectivity index (χ2v) is 3.32. The Morgan fingerprint density at radius 3 is 2.38 bits per heavy atom. The van der Waals surface area contributed by atoms with Gasteiger partial charge in [-0.15, -0.1) is 0 Å². The molecule has 0 aliphatic heterocycles. The number of rotatable bonds is 4. The van der Waals surface area contributed by atoms with Gasteiger partial charge < -0.3 is 5.11 Å². The molecule has 1 heteroatoms. The van der Waals surface area contributed by atoms with E-state index in [4.69, 9.17) is 5.11 Å². The van der Waals surface area contributed by atoms with E-state index < -0.39 is 0 Å². The molecule has 0 spiro atoms. The van der Waals surface area contributed by atoms with Gasteiger partial charge in [0.15, 0.2) is 0 Å². The van der Waals surface area contributed by atoms with E-state index in [9.17, 15) is 0 Å². The monoisotopic (exact) mass is 177 g/mol. The van der Waals surface area contributed by atoms with Crippen molar-refractivity contribution in [2.75, 3.05) is 0 Å². The third-order valence-electron chi connectivity index (χ3n) is 2.17. The largest absolute Gasteiger partial charge is 0.385 e. The topological polar surface area (TPSA) is 20.2 Å². The van der Waals surface area contributed by atoms with Crippen molar-refractivity contribution in [3.05, 3.63) is 41.5 Å². The number of aliphatic hydroxyl groups excluding tert-OH is 1. The average molecular weight is 177 g/mol. The Hall–Kier alpha value is -0.820. The van der Waals surface area contributed by atoms with Gasteiger partial charge in [0.05, 0.1) is 0 Å². The van der Waals surface area contributed by atoms with E-state index in [1.807, 2.05) is 12.1 Å². The van der Waals surface area contributed by atoms with Gasteiger partial charge in [0.1, 0.15) is 6.61 Å². The fraction of sp³-hybridized carbons (Fsp3) is 0.417. The van der Waals surface area contributed by atoms with Crippen molar-refractivity contribution in [3.63, 3.8) is 0 Å². The summed E-state index contributed by atoms with van der Waals surface area (Å²) in [5, 5.41) is 8.93. The van der Waals surface area contributed by atoms with Gasteiger partial charge in [-0.05, 0) is 29.5 Å². The van der Waals surface area contributed by atoms with E-state index in [1.165, 1.54) is 17.7 Å². The van der Waals surface area contributed by atoms with Crippen LogP contribution >= 0.6 is 0 Å². The summed E-state index contributed by atoms with van der Waals surface area (Å²) >= 11 is 0. The van der Waals surface area contributed by atoms with Crippen LogP contribution in [0.4, 0.5) is 0 Å². The molecule has 1 aromatic carbocycles. The van der Waals surface area contributed by atoms with Crippen molar-refractivity contribution in [3.8, 4) is 0 Å². The van der Waals surface area contributed by atoms with Crippen molar-refractivity contribution < 1.29 is 5.11 Å².